The van der Waals surface area contributed by atoms with Crippen LogP contribution in [0.25, 0.3) is 0 Å². The lowest BCUT2D eigenvalue weighted by Gasteiger charge is -2.16. The fourth-order valence-corrected chi connectivity index (χ4v) is 0.968. The van der Waals surface area contributed by atoms with Gasteiger partial charge in [-0.3, -0.25) is 0 Å². The van der Waals surface area contributed by atoms with E-state index in [-0.39, 0.29) is 0 Å². The molecule has 10 heavy (non-hydrogen) atoms. The van der Waals surface area contributed by atoms with Gasteiger partial charge in [0.15, 0.2) is 0 Å². The largest absolute Gasteiger partial charge is 0.381 e. The highest BCUT2D eigenvalue weighted by Crippen LogP contribution is 2.07. The van der Waals surface area contributed by atoms with Gasteiger partial charge in [0.2, 0.25) is 0 Å². The monoisotopic (exact) mass is 141 g/mol. The summed E-state index contributed by atoms with van der Waals surface area (Å²) in [6, 6.07) is 0. The average Bonchev–Trinajstić information content (AvgIpc) is 1.81. The molecule has 0 fully saturated rings. The Balaban J connectivity index is 4.04. The Labute approximate surface area is 64.7 Å². The predicted octanol–water partition coefficient (Wildman–Crippen LogP) is 2.50. The molecule has 0 atom stereocenters. The summed E-state index contributed by atoms with van der Waals surface area (Å²) in [5, 5.41) is 0. The van der Waals surface area contributed by atoms with E-state index in [0.29, 0.717) is 5.92 Å². The van der Waals surface area contributed by atoms with Crippen molar-refractivity contribution in [3.63, 3.8) is 0 Å². The summed E-state index contributed by atoms with van der Waals surface area (Å²) in [5.41, 5.74) is 1.43. The first-order valence-corrected chi connectivity index (χ1v) is 3.96. The lowest BCUT2D eigenvalue weighted by Crippen LogP contribution is -2.10. The van der Waals surface area contributed by atoms with Crippen molar-refractivity contribution < 1.29 is 0 Å². The molecule has 60 valence electrons. The lowest BCUT2D eigenvalue weighted by atomic mass is 10.1. The first-order chi connectivity index (χ1) is 4.57. The second kappa shape index (κ2) is 4.37. The maximum atomic E-state index is 2.31. The molecular weight excluding hydrogens is 122 g/mol. The molecular formula is C9H19N. The Morgan fingerprint density at radius 2 is 1.90 bits per heavy atom. The van der Waals surface area contributed by atoms with Gasteiger partial charge in [0.05, 0.1) is 0 Å². The van der Waals surface area contributed by atoms with E-state index in [2.05, 4.69) is 45.8 Å². The molecule has 0 saturated heterocycles. The van der Waals surface area contributed by atoms with E-state index < -0.39 is 0 Å². The van der Waals surface area contributed by atoms with Crippen LogP contribution in [0.15, 0.2) is 11.8 Å². The minimum atomic E-state index is 0.664. The molecule has 1 nitrogen and oxygen atoms in total. The molecule has 0 aromatic carbocycles. The summed E-state index contributed by atoms with van der Waals surface area (Å²) in [6.07, 6.45) is 3.44. The molecule has 0 aliphatic carbocycles. The Morgan fingerprint density at radius 3 is 2.00 bits per heavy atom. The number of allylic oxidation sites excluding steroid dienone is 2. The Bertz CT molecular complexity index is 112. The van der Waals surface area contributed by atoms with Gasteiger partial charge < -0.3 is 4.90 Å². The minimum Gasteiger partial charge on any atom is -0.381 e. The van der Waals surface area contributed by atoms with Gasteiger partial charge in [0.25, 0.3) is 0 Å². The van der Waals surface area contributed by atoms with E-state index in [4.69, 9.17) is 0 Å². The van der Waals surface area contributed by atoms with Crippen molar-refractivity contribution in [2.45, 2.75) is 27.2 Å². The zero-order valence-electron chi connectivity index (χ0n) is 7.81. The molecule has 0 bridgehead atoms. The molecule has 0 N–H and O–H groups in total. The topological polar surface area (TPSA) is 3.24 Å². The highest BCUT2D eigenvalue weighted by atomic mass is 15.1. The van der Waals surface area contributed by atoms with Gasteiger partial charge >= 0.3 is 0 Å². The van der Waals surface area contributed by atoms with Crippen LogP contribution >= 0.6 is 0 Å². The smallest absolute Gasteiger partial charge is 0.00867 e. The van der Waals surface area contributed by atoms with E-state index in [1.165, 1.54) is 5.70 Å². The summed E-state index contributed by atoms with van der Waals surface area (Å²) >= 11 is 0. The van der Waals surface area contributed by atoms with Crippen LogP contribution in [0, 0.1) is 5.92 Å². The van der Waals surface area contributed by atoms with E-state index in [9.17, 15) is 0 Å². The summed E-state index contributed by atoms with van der Waals surface area (Å²) in [4.78, 5) is 2.18. The first kappa shape index (κ1) is 9.54. The van der Waals surface area contributed by atoms with E-state index in [1.54, 1.807) is 0 Å². The molecule has 0 radical (unpaired) electrons. The van der Waals surface area contributed by atoms with Gasteiger partial charge in [-0.1, -0.05) is 26.8 Å². The van der Waals surface area contributed by atoms with Crippen molar-refractivity contribution in [3.8, 4) is 0 Å². The highest BCUT2D eigenvalue weighted by molar-refractivity contribution is 4.99. The second-order valence-electron chi connectivity index (χ2n) is 3.15. The van der Waals surface area contributed by atoms with Crippen molar-refractivity contribution >= 4 is 0 Å². The number of hydrogen-bond donors (Lipinski definition) is 0. The molecule has 0 aliphatic rings. The fraction of sp³-hybridized carbons (Fsp3) is 0.778. The summed E-state index contributed by atoms with van der Waals surface area (Å²) in [7, 11) is 4.19. The quantitative estimate of drug-likeness (QED) is 0.583. The van der Waals surface area contributed by atoms with Crippen molar-refractivity contribution in [1.82, 2.24) is 4.90 Å². The van der Waals surface area contributed by atoms with Crippen molar-refractivity contribution in [2.75, 3.05) is 14.1 Å². The van der Waals surface area contributed by atoms with E-state index in [1.807, 2.05) is 0 Å². The number of hydrogen-bond acceptors (Lipinski definition) is 1. The third-order valence-electron chi connectivity index (χ3n) is 1.46. The van der Waals surface area contributed by atoms with Crippen LogP contribution in [0.3, 0.4) is 0 Å². The zero-order valence-corrected chi connectivity index (χ0v) is 7.81. The van der Waals surface area contributed by atoms with Crippen molar-refractivity contribution in [2.24, 2.45) is 5.92 Å². The summed E-state index contributed by atoms with van der Waals surface area (Å²) in [5.74, 6) is 0.664. The molecule has 0 amide bonds. The molecule has 0 aromatic heterocycles. The molecule has 0 rings (SSSR count). The third-order valence-corrected chi connectivity index (χ3v) is 1.46. The zero-order chi connectivity index (χ0) is 8.15. The number of rotatable bonds is 3. The third kappa shape index (κ3) is 3.54. The van der Waals surface area contributed by atoms with Gasteiger partial charge in [0, 0.05) is 19.8 Å². The van der Waals surface area contributed by atoms with Gasteiger partial charge in [-0.2, -0.15) is 0 Å². The maximum absolute atomic E-state index is 2.31. The van der Waals surface area contributed by atoms with E-state index >= 15 is 0 Å². The van der Waals surface area contributed by atoms with Gasteiger partial charge in [-0.25, -0.2) is 0 Å². The van der Waals surface area contributed by atoms with Gasteiger partial charge in [-0.15, -0.1) is 0 Å². The van der Waals surface area contributed by atoms with Crippen LogP contribution in [-0.4, -0.2) is 19.0 Å². The highest BCUT2D eigenvalue weighted by Gasteiger charge is 1.96. The Kier molecular flexibility index (Phi) is 4.17. The lowest BCUT2D eigenvalue weighted by molar-refractivity contribution is 0.486. The van der Waals surface area contributed by atoms with Crippen molar-refractivity contribution in [3.05, 3.63) is 11.8 Å². The second-order valence-corrected chi connectivity index (χ2v) is 3.15. The average molecular weight is 141 g/mol. The number of nitrogens with zero attached hydrogens (tertiary/aromatic N) is 1. The minimum absolute atomic E-state index is 0.664. The molecule has 0 unspecified atom stereocenters. The van der Waals surface area contributed by atoms with Crippen molar-refractivity contribution in [1.29, 1.82) is 0 Å². The summed E-state index contributed by atoms with van der Waals surface area (Å²) in [6.45, 7) is 6.60. The SMILES string of the molecule is CCC(=CC(C)C)N(C)C. The summed E-state index contributed by atoms with van der Waals surface area (Å²) < 4.78 is 0. The standard InChI is InChI=1S/C9H19N/c1-6-9(10(4)5)7-8(2)3/h7-8H,6H2,1-5H3. The first-order valence-electron chi connectivity index (χ1n) is 3.96. The van der Waals surface area contributed by atoms with Crippen LogP contribution in [0.5, 0.6) is 0 Å². The molecule has 0 aromatic rings. The molecule has 0 spiro atoms. The predicted molar refractivity (Wildman–Crippen MR) is 46.9 cm³/mol. The van der Waals surface area contributed by atoms with Crippen LogP contribution in [0.4, 0.5) is 0 Å². The fourth-order valence-electron chi connectivity index (χ4n) is 0.968. The Morgan fingerprint density at radius 1 is 1.40 bits per heavy atom. The van der Waals surface area contributed by atoms with Crippen LogP contribution in [-0.2, 0) is 0 Å². The van der Waals surface area contributed by atoms with Gasteiger partial charge in [-0.05, 0) is 12.3 Å². The molecule has 0 aliphatic heterocycles. The molecule has 0 saturated carbocycles. The molecule has 0 heterocycles. The Hall–Kier alpha value is -0.460. The molecule has 1 heteroatoms. The van der Waals surface area contributed by atoms with Crippen LogP contribution in [0.1, 0.15) is 27.2 Å². The van der Waals surface area contributed by atoms with Crippen LogP contribution < -0.4 is 0 Å². The van der Waals surface area contributed by atoms with E-state index in [0.717, 1.165) is 6.42 Å². The van der Waals surface area contributed by atoms with Gasteiger partial charge in [0.1, 0.15) is 0 Å². The normalized spacial score (nSPS) is 12.4. The maximum Gasteiger partial charge on any atom is 0.00867 e. The van der Waals surface area contributed by atoms with Crippen LogP contribution in [0.2, 0.25) is 0 Å².